The second kappa shape index (κ2) is 6.58. The van der Waals surface area contributed by atoms with Gasteiger partial charge in [0.25, 0.3) is 0 Å². The lowest BCUT2D eigenvalue weighted by molar-refractivity contribution is 0.848. The monoisotopic (exact) mass is 389 g/mol. The molecule has 6 N–H and O–H groups in total. The predicted molar refractivity (Wildman–Crippen MR) is 106 cm³/mol. The molecule has 1 aromatic carbocycles. The molecule has 10 heteroatoms. The maximum absolute atomic E-state index is 9.39. The Morgan fingerprint density at radius 2 is 2.04 bits per heavy atom. The highest BCUT2D eigenvalue weighted by atomic mass is 35.5. The van der Waals surface area contributed by atoms with Crippen LogP contribution in [0, 0.1) is 22.8 Å². The summed E-state index contributed by atoms with van der Waals surface area (Å²) in [7, 11) is 0. The topological polar surface area (TPSA) is 162 Å². The van der Waals surface area contributed by atoms with Gasteiger partial charge in [0.1, 0.15) is 29.3 Å². The van der Waals surface area contributed by atoms with Crippen LogP contribution in [0.25, 0.3) is 10.9 Å². The van der Waals surface area contributed by atoms with Crippen LogP contribution in [0.15, 0.2) is 35.5 Å². The fraction of sp³-hybridized carbons (Fsp3) is 0.0556. The predicted octanol–water partition coefficient (Wildman–Crippen LogP) is 2.26. The van der Waals surface area contributed by atoms with Gasteiger partial charge in [-0.1, -0.05) is 17.7 Å². The van der Waals surface area contributed by atoms with Crippen LogP contribution in [-0.2, 0) is 0 Å². The number of nitrogen functional groups attached to an aromatic ring is 2. The van der Waals surface area contributed by atoms with Crippen molar-refractivity contribution in [1.29, 1.82) is 10.5 Å². The summed E-state index contributed by atoms with van der Waals surface area (Å²) in [6, 6.07) is 8.49. The van der Waals surface area contributed by atoms with E-state index in [1.807, 2.05) is 24.4 Å². The van der Waals surface area contributed by atoms with Crippen molar-refractivity contribution in [2.45, 2.75) is 6.04 Å². The second-order valence-electron chi connectivity index (χ2n) is 5.94. The normalized spacial score (nSPS) is 15.0. The zero-order valence-electron chi connectivity index (χ0n) is 14.2. The van der Waals surface area contributed by atoms with E-state index in [0.29, 0.717) is 22.0 Å². The molecular formula is C18H12ClN9. The molecule has 0 spiro atoms. The minimum absolute atomic E-state index is 0.0167. The van der Waals surface area contributed by atoms with Gasteiger partial charge in [-0.05, 0) is 18.2 Å². The number of halogens is 1. The van der Waals surface area contributed by atoms with Gasteiger partial charge in [0.2, 0.25) is 5.96 Å². The Labute approximate surface area is 164 Å². The largest absolute Gasteiger partial charge is 0.397 e. The fourth-order valence-electron chi connectivity index (χ4n) is 3.15. The molecule has 0 saturated heterocycles. The van der Waals surface area contributed by atoms with Gasteiger partial charge in [0, 0.05) is 22.7 Å². The number of guanidine groups is 1. The van der Waals surface area contributed by atoms with E-state index in [1.54, 1.807) is 18.3 Å². The van der Waals surface area contributed by atoms with E-state index >= 15 is 0 Å². The zero-order chi connectivity index (χ0) is 19.8. The third-order valence-electron chi connectivity index (χ3n) is 4.40. The van der Waals surface area contributed by atoms with Crippen LogP contribution < -0.4 is 22.1 Å². The molecule has 4 rings (SSSR count). The van der Waals surface area contributed by atoms with E-state index in [1.165, 1.54) is 0 Å². The van der Waals surface area contributed by atoms with Crippen molar-refractivity contribution in [2.75, 3.05) is 16.8 Å². The molecule has 1 atom stereocenters. The van der Waals surface area contributed by atoms with Crippen molar-refractivity contribution in [3.63, 3.8) is 0 Å². The number of pyridine rings is 2. The number of aromatic nitrogens is 2. The molecule has 28 heavy (non-hydrogen) atoms. The Kier molecular flexibility index (Phi) is 4.07. The molecule has 0 aliphatic carbocycles. The highest BCUT2D eigenvalue weighted by molar-refractivity contribution is 6.36. The molecule has 0 fully saturated rings. The Bertz CT molecular complexity index is 1240. The van der Waals surface area contributed by atoms with E-state index in [4.69, 9.17) is 28.3 Å². The first kappa shape index (κ1) is 17.3. The summed E-state index contributed by atoms with van der Waals surface area (Å²) in [5, 5.41) is 24.9. The maximum Gasteiger partial charge on any atom is 0.211 e. The molecule has 136 valence electrons. The number of nitriles is 2. The van der Waals surface area contributed by atoms with E-state index < -0.39 is 6.04 Å². The van der Waals surface area contributed by atoms with Gasteiger partial charge in [-0.3, -0.25) is 10.3 Å². The lowest BCUT2D eigenvalue weighted by Crippen LogP contribution is -2.32. The molecule has 0 amide bonds. The third kappa shape index (κ3) is 2.58. The molecular weight excluding hydrogens is 378 g/mol. The Hall–Kier alpha value is -4.08. The van der Waals surface area contributed by atoms with Crippen LogP contribution in [0.3, 0.4) is 0 Å². The molecule has 2 aromatic heterocycles. The van der Waals surface area contributed by atoms with Gasteiger partial charge < -0.3 is 16.8 Å². The average Bonchev–Trinajstić information content (AvgIpc) is 2.68. The highest BCUT2D eigenvalue weighted by Crippen LogP contribution is 2.43. The molecule has 0 bridgehead atoms. The number of fused-ring (bicyclic) bond motifs is 2. The lowest BCUT2D eigenvalue weighted by atomic mass is 9.94. The Morgan fingerprint density at radius 1 is 1.21 bits per heavy atom. The van der Waals surface area contributed by atoms with Gasteiger partial charge in [-0.2, -0.15) is 10.5 Å². The summed E-state index contributed by atoms with van der Waals surface area (Å²) in [5.74, 6) is 0.449. The first-order valence-electron chi connectivity index (χ1n) is 8.07. The maximum atomic E-state index is 9.39. The molecule has 1 aliphatic heterocycles. The van der Waals surface area contributed by atoms with Crippen molar-refractivity contribution in [2.24, 2.45) is 4.99 Å². The number of benzene rings is 1. The summed E-state index contributed by atoms with van der Waals surface area (Å²) in [5.41, 5.74) is 14.1. The number of nitrogens with two attached hydrogens (primary N) is 2. The first-order valence-corrected chi connectivity index (χ1v) is 8.45. The molecule has 3 heterocycles. The van der Waals surface area contributed by atoms with Crippen LogP contribution in [0.4, 0.5) is 17.3 Å². The fourth-order valence-corrected chi connectivity index (χ4v) is 3.48. The number of hydrogen-bond acceptors (Lipinski definition) is 9. The lowest BCUT2D eigenvalue weighted by Gasteiger charge is -2.27. The van der Waals surface area contributed by atoms with Gasteiger partial charge in [-0.25, -0.2) is 9.98 Å². The van der Waals surface area contributed by atoms with E-state index in [-0.39, 0.29) is 23.0 Å². The van der Waals surface area contributed by atoms with E-state index in [9.17, 15) is 5.26 Å². The Morgan fingerprint density at radius 3 is 2.79 bits per heavy atom. The number of aliphatic imine (C=N–C) groups is 1. The van der Waals surface area contributed by atoms with Gasteiger partial charge in [-0.15, -0.1) is 0 Å². The molecule has 0 saturated carbocycles. The van der Waals surface area contributed by atoms with Crippen molar-refractivity contribution in [3.8, 4) is 12.3 Å². The van der Waals surface area contributed by atoms with Gasteiger partial charge in [0.15, 0.2) is 6.19 Å². The van der Waals surface area contributed by atoms with Gasteiger partial charge in [0.05, 0.1) is 16.2 Å². The SMILES string of the molecule is N#CNC1=NC(c2ccc3ncccc3c2Cl)c2c(nc(N)c(C#N)c2N)N1. The van der Waals surface area contributed by atoms with Crippen molar-refractivity contribution in [1.82, 2.24) is 15.3 Å². The highest BCUT2D eigenvalue weighted by Gasteiger charge is 2.31. The first-order chi connectivity index (χ1) is 13.5. The van der Waals surface area contributed by atoms with E-state index in [0.717, 1.165) is 10.9 Å². The summed E-state index contributed by atoms with van der Waals surface area (Å²) >= 11 is 6.66. The minimum Gasteiger partial charge on any atom is -0.397 e. The summed E-state index contributed by atoms with van der Waals surface area (Å²) in [6.07, 6.45) is 3.48. The average molecular weight is 390 g/mol. The van der Waals surface area contributed by atoms with E-state index in [2.05, 4.69) is 25.6 Å². The van der Waals surface area contributed by atoms with Crippen LogP contribution >= 0.6 is 11.6 Å². The molecule has 0 radical (unpaired) electrons. The number of nitrogens with zero attached hydrogens (tertiary/aromatic N) is 5. The molecule has 1 unspecified atom stereocenters. The summed E-state index contributed by atoms with van der Waals surface area (Å²) < 4.78 is 0. The smallest absolute Gasteiger partial charge is 0.211 e. The zero-order valence-corrected chi connectivity index (χ0v) is 15.0. The second-order valence-corrected chi connectivity index (χ2v) is 6.32. The van der Waals surface area contributed by atoms with Gasteiger partial charge >= 0.3 is 0 Å². The number of rotatable bonds is 1. The van der Waals surface area contributed by atoms with Crippen LogP contribution in [0.2, 0.25) is 5.02 Å². The molecule has 9 nitrogen and oxygen atoms in total. The Balaban J connectivity index is 2.00. The third-order valence-corrected chi connectivity index (χ3v) is 4.82. The van der Waals surface area contributed by atoms with Crippen LogP contribution in [-0.4, -0.2) is 15.9 Å². The summed E-state index contributed by atoms with van der Waals surface area (Å²) in [4.78, 5) is 13.0. The van der Waals surface area contributed by atoms with Crippen molar-refractivity contribution < 1.29 is 0 Å². The van der Waals surface area contributed by atoms with Crippen molar-refractivity contribution >= 4 is 45.8 Å². The minimum atomic E-state index is -0.704. The molecule has 1 aliphatic rings. The van der Waals surface area contributed by atoms with Crippen molar-refractivity contribution in [3.05, 3.63) is 52.2 Å². The number of anilines is 3. The number of nitrogens with one attached hydrogen (secondary N) is 2. The summed E-state index contributed by atoms with van der Waals surface area (Å²) in [6.45, 7) is 0. The molecule has 3 aromatic rings. The number of hydrogen-bond donors (Lipinski definition) is 4. The standard InChI is InChI=1S/C18H12ClN9/c19-13-8-2-1-5-24-11(8)4-3-9(13)15-12-14(22)10(6-20)16(23)27-17(12)28-18(26-15)25-7-21/h1-5,15H,(H6,22,23,25,26,27,28). The quantitative estimate of drug-likeness (QED) is 0.363. The van der Waals surface area contributed by atoms with Crippen LogP contribution in [0.1, 0.15) is 22.7 Å². The van der Waals surface area contributed by atoms with Crippen LogP contribution in [0.5, 0.6) is 0 Å².